The van der Waals surface area contributed by atoms with Gasteiger partial charge in [0.15, 0.2) is 0 Å². The van der Waals surface area contributed by atoms with Gasteiger partial charge < -0.3 is 0 Å². The molecule has 0 spiro atoms. The van der Waals surface area contributed by atoms with E-state index >= 15 is 4.39 Å². The van der Waals surface area contributed by atoms with Crippen molar-refractivity contribution < 1.29 is 4.39 Å². The van der Waals surface area contributed by atoms with Crippen LogP contribution in [0, 0.1) is 23.1 Å². The minimum Gasteiger partial charge on any atom is -0.206 e. The second kappa shape index (κ2) is 10.7. The van der Waals surface area contributed by atoms with E-state index in [9.17, 15) is 0 Å². The maximum Gasteiger partial charge on any atom is 0.130 e. The van der Waals surface area contributed by atoms with E-state index in [-0.39, 0.29) is 5.82 Å². The van der Waals surface area contributed by atoms with Crippen molar-refractivity contribution in [3.63, 3.8) is 0 Å². The standard InChI is InChI=1S/C29H32FNSi/c1-2-3-22-16-18-32(19-17-22)27-14-15-28(29(30)20-27)26-12-10-24(11-13-26)5-4-23-6-8-25(21-31)9-7-23/h6-15,20,22,32H,2-5,16-19H2,1H3. The molecule has 0 saturated carbocycles. The number of hydrogen-bond acceptors (Lipinski definition) is 1. The average molecular weight is 442 g/mol. The van der Waals surface area contributed by atoms with Gasteiger partial charge in [0.25, 0.3) is 0 Å². The molecule has 0 N–H and O–H groups in total. The summed E-state index contributed by atoms with van der Waals surface area (Å²) >= 11 is 0. The predicted octanol–water partition coefficient (Wildman–Crippen LogP) is 6.79. The van der Waals surface area contributed by atoms with Gasteiger partial charge in [0.2, 0.25) is 0 Å². The quantitative estimate of drug-likeness (QED) is 0.370. The summed E-state index contributed by atoms with van der Waals surface area (Å²) in [7, 11) is -1.00. The second-order valence-corrected chi connectivity index (χ2v) is 12.5. The molecule has 0 aromatic heterocycles. The SMILES string of the molecule is CCCC1CC[SiH](c2ccc(-c3ccc(CCc4ccc(C#N)cc4)cc3)c(F)c2)CC1. The van der Waals surface area contributed by atoms with Crippen LogP contribution in [0.4, 0.5) is 4.39 Å². The van der Waals surface area contributed by atoms with Crippen LogP contribution in [0.3, 0.4) is 0 Å². The summed E-state index contributed by atoms with van der Waals surface area (Å²) in [6.45, 7) is 2.28. The first-order chi connectivity index (χ1) is 15.7. The van der Waals surface area contributed by atoms with Crippen molar-refractivity contribution in [2.45, 2.75) is 57.5 Å². The van der Waals surface area contributed by atoms with Crippen molar-refractivity contribution in [3.05, 3.63) is 89.2 Å². The molecule has 32 heavy (non-hydrogen) atoms. The molecule has 1 aliphatic rings. The molecule has 3 heteroatoms. The molecule has 0 atom stereocenters. The zero-order chi connectivity index (χ0) is 22.3. The largest absolute Gasteiger partial charge is 0.206 e. The van der Waals surface area contributed by atoms with Gasteiger partial charge in [-0.05, 0) is 53.6 Å². The number of hydrogen-bond donors (Lipinski definition) is 0. The first-order valence-corrected chi connectivity index (χ1v) is 14.2. The van der Waals surface area contributed by atoms with E-state index < -0.39 is 8.80 Å². The molecular weight excluding hydrogens is 409 g/mol. The minimum absolute atomic E-state index is 0.0731. The van der Waals surface area contributed by atoms with Gasteiger partial charge in [0.1, 0.15) is 5.82 Å². The van der Waals surface area contributed by atoms with Gasteiger partial charge >= 0.3 is 0 Å². The van der Waals surface area contributed by atoms with Crippen molar-refractivity contribution >= 4 is 14.0 Å². The van der Waals surface area contributed by atoms with E-state index in [0.717, 1.165) is 24.3 Å². The van der Waals surface area contributed by atoms with Crippen LogP contribution >= 0.6 is 0 Å². The van der Waals surface area contributed by atoms with Crippen LogP contribution in [0.2, 0.25) is 12.1 Å². The van der Waals surface area contributed by atoms with Crippen LogP contribution in [0.5, 0.6) is 0 Å². The van der Waals surface area contributed by atoms with Gasteiger partial charge in [-0.3, -0.25) is 0 Å². The highest BCUT2D eigenvalue weighted by molar-refractivity contribution is 6.73. The molecule has 1 aliphatic heterocycles. The van der Waals surface area contributed by atoms with Crippen LogP contribution in [-0.4, -0.2) is 8.80 Å². The van der Waals surface area contributed by atoms with Gasteiger partial charge in [0, 0.05) is 5.56 Å². The van der Waals surface area contributed by atoms with Gasteiger partial charge in [0.05, 0.1) is 20.4 Å². The van der Waals surface area contributed by atoms with E-state index in [0.29, 0.717) is 11.1 Å². The number of halogens is 1. The van der Waals surface area contributed by atoms with Crippen molar-refractivity contribution in [2.24, 2.45) is 5.92 Å². The molecule has 0 bridgehead atoms. The number of benzene rings is 3. The van der Waals surface area contributed by atoms with E-state index in [1.165, 1.54) is 54.1 Å². The fraction of sp³-hybridized carbons (Fsp3) is 0.345. The molecule has 1 nitrogen and oxygen atoms in total. The third kappa shape index (κ3) is 5.55. The summed E-state index contributed by atoms with van der Waals surface area (Å²) in [5, 5.41) is 10.2. The lowest BCUT2D eigenvalue weighted by Gasteiger charge is -2.27. The highest BCUT2D eigenvalue weighted by atomic mass is 28.3. The maximum absolute atomic E-state index is 15.0. The zero-order valence-corrected chi connectivity index (χ0v) is 20.1. The van der Waals surface area contributed by atoms with E-state index in [2.05, 4.69) is 31.2 Å². The number of aryl methyl sites for hydroxylation is 2. The molecule has 0 unspecified atom stereocenters. The molecule has 0 amide bonds. The highest BCUT2D eigenvalue weighted by Crippen LogP contribution is 2.29. The Kier molecular flexibility index (Phi) is 7.55. The summed E-state index contributed by atoms with van der Waals surface area (Å²) in [6, 6.07) is 26.9. The van der Waals surface area contributed by atoms with Crippen LogP contribution < -0.4 is 5.19 Å². The van der Waals surface area contributed by atoms with Crippen molar-refractivity contribution in [1.29, 1.82) is 5.26 Å². The first kappa shape index (κ1) is 22.5. The normalized spacial score (nSPS) is 18.3. The Morgan fingerprint density at radius 2 is 1.53 bits per heavy atom. The van der Waals surface area contributed by atoms with Crippen LogP contribution in [-0.2, 0) is 12.8 Å². The van der Waals surface area contributed by atoms with E-state index in [4.69, 9.17) is 5.26 Å². The third-order valence-electron chi connectivity index (χ3n) is 7.06. The summed E-state index contributed by atoms with van der Waals surface area (Å²) < 4.78 is 15.0. The zero-order valence-electron chi connectivity index (χ0n) is 19.0. The summed E-state index contributed by atoms with van der Waals surface area (Å²) in [5.74, 6) is 0.833. The summed E-state index contributed by atoms with van der Waals surface area (Å²) in [4.78, 5) is 0. The van der Waals surface area contributed by atoms with Gasteiger partial charge in [-0.2, -0.15) is 5.26 Å². The fourth-order valence-electron chi connectivity index (χ4n) is 5.10. The van der Waals surface area contributed by atoms with Gasteiger partial charge in [-0.1, -0.05) is 98.4 Å². The van der Waals surface area contributed by atoms with E-state index in [1.807, 2.05) is 48.5 Å². The lowest BCUT2D eigenvalue weighted by atomic mass is 9.97. The molecule has 3 aromatic rings. The lowest BCUT2D eigenvalue weighted by Crippen LogP contribution is -2.34. The number of nitriles is 1. The van der Waals surface area contributed by atoms with Crippen molar-refractivity contribution in [3.8, 4) is 17.2 Å². The lowest BCUT2D eigenvalue weighted by molar-refractivity contribution is 0.434. The van der Waals surface area contributed by atoms with Crippen LogP contribution in [0.1, 0.15) is 49.3 Å². The Labute approximate surface area is 193 Å². The van der Waals surface area contributed by atoms with Crippen molar-refractivity contribution in [2.75, 3.05) is 0 Å². The molecular formula is C29H32FNSi. The molecule has 0 aliphatic carbocycles. The Morgan fingerprint density at radius 1 is 0.906 bits per heavy atom. The number of nitrogens with zero attached hydrogens (tertiary/aromatic N) is 1. The predicted molar refractivity (Wildman–Crippen MR) is 134 cm³/mol. The molecule has 0 radical (unpaired) electrons. The molecule has 1 heterocycles. The third-order valence-corrected chi connectivity index (χ3v) is 10.4. The van der Waals surface area contributed by atoms with Gasteiger partial charge in [-0.15, -0.1) is 0 Å². The average Bonchev–Trinajstić information content (AvgIpc) is 2.84. The summed E-state index contributed by atoms with van der Waals surface area (Å²) in [6.07, 6.45) is 7.20. The summed E-state index contributed by atoms with van der Waals surface area (Å²) in [5.41, 5.74) is 4.82. The van der Waals surface area contributed by atoms with E-state index in [1.54, 1.807) is 0 Å². The Bertz CT molecular complexity index is 1060. The molecule has 164 valence electrons. The smallest absolute Gasteiger partial charge is 0.130 e. The Morgan fingerprint density at radius 3 is 2.09 bits per heavy atom. The molecule has 1 fully saturated rings. The Hall–Kier alpha value is -2.70. The van der Waals surface area contributed by atoms with Crippen molar-refractivity contribution in [1.82, 2.24) is 0 Å². The van der Waals surface area contributed by atoms with Crippen LogP contribution in [0.15, 0.2) is 66.7 Å². The topological polar surface area (TPSA) is 23.8 Å². The number of rotatable bonds is 7. The Balaban J connectivity index is 1.37. The first-order valence-electron chi connectivity index (χ1n) is 12.0. The molecule has 1 saturated heterocycles. The monoisotopic (exact) mass is 441 g/mol. The maximum atomic E-state index is 15.0. The van der Waals surface area contributed by atoms with Gasteiger partial charge in [-0.25, -0.2) is 4.39 Å². The molecule has 3 aromatic carbocycles. The second-order valence-electron chi connectivity index (χ2n) is 9.25. The molecule has 4 rings (SSSR count). The van der Waals surface area contributed by atoms with Crippen LogP contribution in [0.25, 0.3) is 11.1 Å². The fourth-order valence-corrected chi connectivity index (χ4v) is 8.55. The highest BCUT2D eigenvalue weighted by Gasteiger charge is 2.23. The minimum atomic E-state index is -1.00.